The van der Waals surface area contributed by atoms with Gasteiger partial charge in [0.15, 0.2) is 0 Å². The molecule has 7 heteroatoms. The summed E-state index contributed by atoms with van der Waals surface area (Å²) in [4.78, 5) is 15.3. The van der Waals surface area contributed by atoms with Crippen LogP contribution in [0.5, 0.6) is 5.75 Å². The lowest BCUT2D eigenvalue weighted by molar-refractivity contribution is -0.150. The van der Waals surface area contributed by atoms with Crippen molar-refractivity contribution in [1.82, 2.24) is 9.80 Å². The lowest BCUT2D eigenvalue weighted by Gasteiger charge is -2.35. The Morgan fingerprint density at radius 1 is 1.18 bits per heavy atom. The van der Waals surface area contributed by atoms with Crippen LogP contribution < -0.4 is 0 Å². The summed E-state index contributed by atoms with van der Waals surface area (Å²) in [7, 11) is 0. The van der Waals surface area contributed by atoms with Crippen molar-refractivity contribution < 1.29 is 23.1 Å². The van der Waals surface area contributed by atoms with Gasteiger partial charge in [0.05, 0.1) is 6.42 Å². The van der Waals surface area contributed by atoms with Gasteiger partial charge in [-0.1, -0.05) is 12.1 Å². The first kappa shape index (κ1) is 16.6. The molecule has 0 atom stereocenters. The van der Waals surface area contributed by atoms with Crippen molar-refractivity contribution in [2.24, 2.45) is 0 Å². The van der Waals surface area contributed by atoms with E-state index < -0.39 is 24.9 Å². The van der Waals surface area contributed by atoms with Gasteiger partial charge < -0.3 is 10.0 Å². The highest BCUT2D eigenvalue weighted by Gasteiger charge is 2.30. The number of hydrogen-bond acceptors (Lipinski definition) is 3. The molecule has 22 heavy (non-hydrogen) atoms. The Labute approximate surface area is 127 Å². The van der Waals surface area contributed by atoms with Gasteiger partial charge in [-0.25, -0.2) is 0 Å². The van der Waals surface area contributed by atoms with Crippen molar-refractivity contribution in [3.05, 3.63) is 29.8 Å². The zero-order chi connectivity index (χ0) is 16.2. The number of carbonyl (C=O) groups is 1. The molecule has 1 amide bonds. The Bertz CT molecular complexity index is 512. The number of carbonyl (C=O) groups excluding carboxylic acids is 1. The predicted octanol–water partition coefficient (Wildman–Crippen LogP) is 2.38. The van der Waals surface area contributed by atoms with Crippen LogP contribution in [-0.4, -0.2) is 53.2 Å². The monoisotopic (exact) mass is 316 g/mol. The first-order valence-corrected chi connectivity index (χ1v) is 7.18. The molecule has 1 aliphatic rings. The first-order chi connectivity index (χ1) is 10.3. The maximum atomic E-state index is 12.1. The molecule has 1 heterocycles. The first-order valence-electron chi connectivity index (χ1n) is 7.18. The number of halogens is 3. The number of alkyl halides is 3. The topological polar surface area (TPSA) is 43.8 Å². The van der Waals surface area contributed by atoms with E-state index in [0.29, 0.717) is 32.7 Å². The summed E-state index contributed by atoms with van der Waals surface area (Å²) < 4.78 is 36.4. The molecule has 0 bridgehead atoms. The molecule has 1 fully saturated rings. The summed E-state index contributed by atoms with van der Waals surface area (Å²) in [6.45, 7) is 2.77. The number of nitrogens with zero attached hydrogens (tertiary/aromatic N) is 2. The quantitative estimate of drug-likeness (QED) is 0.927. The van der Waals surface area contributed by atoms with Gasteiger partial charge in [0.1, 0.15) is 5.75 Å². The average molecular weight is 316 g/mol. The molecule has 4 nitrogen and oxygen atoms in total. The molecular formula is C15H19F3N2O2. The second kappa shape index (κ2) is 7.00. The summed E-state index contributed by atoms with van der Waals surface area (Å²) in [5, 5.41) is 9.42. The predicted molar refractivity (Wildman–Crippen MR) is 75.3 cm³/mol. The molecule has 0 unspecified atom stereocenters. The van der Waals surface area contributed by atoms with E-state index >= 15 is 0 Å². The van der Waals surface area contributed by atoms with Gasteiger partial charge in [-0.05, 0) is 17.7 Å². The van der Waals surface area contributed by atoms with Gasteiger partial charge in [-0.3, -0.25) is 9.69 Å². The van der Waals surface area contributed by atoms with Gasteiger partial charge in [-0.15, -0.1) is 0 Å². The Balaban J connectivity index is 1.77. The standard InChI is InChI=1S/C15H19F3N2O2/c16-15(17,18)5-4-14(22)20-8-6-19(7-9-20)11-12-2-1-3-13(21)10-12/h1-3,10,21H,4-9,11H2. The van der Waals surface area contributed by atoms with Crippen LogP contribution in [0, 0.1) is 0 Å². The molecule has 0 aromatic heterocycles. The number of phenolic OH excluding ortho intramolecular Hbond substituents is 1. The maximum Gasteiger partial charge on any atom is 0.389 e. The summed E-state index contributed by atoms with van der Waals surface area (Å²) in [6, 6.07) is 6.95. The minimum absolute atomic E-state index is 0.207. The number of piperazine rings is 1. The van der Waals surface area contributed by atoms with Crippen LogP contribution in [0.15, 0.2) is 24.3 Å². The third-order valence-electron chi connectivity index (χ3n) is 3.66. The van der Waals surface area contributed by atoms with Crippen LogP contribution in [0.25, 0.3) is 0 Å². The van der Waals surface area contributed by atoms with Crippen LogP contribution in [0.1, 0.15) is 18.4 Å². The molecule has 1 aliphatic heterocycles. The zero-order valence-corrected chi connectivity index (χ0v) is 12.1. The maximum absolute atomic E-state index is 12.1. The van der Waals surface area contributed by atoms with Gasteiger partial charge in [0, 0.05) is 39.1 Å². The molecule has 0 aliphatic carbocycles. The van der Waals surface area contributed by atoms with E-state index in [0.717, 1.165) is 5.56 Å². The highest BCUT2D eigenvalue weighted by atomic mass is 19.4. The summed E-state index contributed by atoms with van der Waals surface area (Å²) in [5.74, 6) is -0.229. The van der Waals surface area contributed by atoms with Crippen molar-refractivity contribution in [2.45, 2.75) is 25.6 Å². The highest BCUT2D eigenvalue weighted by molar-refractivity contribution is 5.76. The van der Waals surface area contributed by atoms with Gasteiger partial charge >= 0.3 is 6.18 Å². The van der Waals surface area contributed by atoms with Gasteiger partial charge in [0.25, 0.3) is 0 Å². The number of rotatable bonds is 4. The Morgan fingerprint density at radius 3 is 2.45 bits per heavy atom. The molecule has 122 valence electrons. The second-order valence-corrected chi connectivity index (χ2v) is 5.44. The normalized spacial score (nSPS) is 16.8. The minimum atomic E-state index is -4.28. The fourth-order valence-electron chi connectivity index (χ4n) is 2.48. The fraction of sp³-hybridized carbons (Fsp3) is 0.533. The van der Waals surface area contributed by atoms with Crippen LogP contribution in [0.3, 0.4) is 0 Å². The van der Waals surface area contributed by atoms with Crippen LogP contribution in [0.4, 0.5) is 13.2 Å². The highest BCUT2D eigenvalue weighted by Crippen LogP contribution is 2.22. The third-order valence-corrected chi connectivity index (χ3v) is 3.66. The van der Waals surface area contributed by atoms with E-state index in [2.05, 4.69) is 4.90 Å². The van der Waals surface area contributed by atoms with Crippen LogP contribution >= 0.6 is 0 Å². The van der Waals surface area contributed by atoms with E-state index in [1.54, 1.807) is 18.2 Å². The van der Waals surface area contributed by atoms with Crippen molar-refractivity contribution in [3.8, 4) is 5.75 Å². The Hall–Kier alpha value is -1.76. The van der Waals surface area contributed by atoms with Gasteiger partial charge in [0.2, 0.25) is 5.91 Å². The Kier molecular flexibility index (Phi) is 5.28. The van der Waals surface area contributed by atoms with Crippen LogP contribution in [0.2, 0.25) is 0 Å². The molecule has 1 aromatic carbocycles. The number of hydrogen-bond donors (Lipinski definition) is 1. The largest absolute Gasteiger partial charge is 0.508 e. The summed E-state index contributed by atoms with van der Waals surface area (Å²) in [6.07, 6.45) is -5.82. The van der Waals surface area contributed by atoms with Crippen molar-refractivity contribution >= 4 is 5.91 Å². The lowest BCUT2D eigenvalue weighted by atomic mass is 10.2. The minimum Gasteiger partial charge on any atom is -0.508 e. The smallest absolute Gasteiger partial charge is 0.389 e. The molecule has 1 N–H and O–H groups in total. The van der Waals surface area contributed by atoms with Crippen molar-refractivity contribution in [2.75, 3.05) is 26.2 Å². The molecule has 0 radical (unpaired) electrons. The van der Waals surface area contributed by atoms with Crippen molar-refractivity contribution in [1.29, 1.82) is 0 Å². The Morgan fingerprint density at radius 2 is 1.86 bits per heavy atom. The fourth-order valence-corrected chi connectivity index (χ4v) is 2.48. The van der Waals surface area contributed by atoms with E-state index in [1.807, 2.05) is 6.07 Å². The number of aromatic hydroxyl groups is 1. The summed E-state index contributed by atoms with van der Waals surface area (Å²) in [5.41, 5.74) is 0.969. The van der Waals surface area contributed by atoms with E-state index in [1.165, 1.54) is 4.90 Å². The molecule has 0 saturated carbocycles. The van der Waals surface area contributed by atoms with Crippen LogP contribution in [-0.2, 0) is 11.3 Å². The second-order valence-electron chi connectivity index (χ2n) is 5.44. The lowest BCUT2D eigenvalue weighted by Crippen LogP contribution is -2.48. The summed E-state index contributed by atoms with van der Waals surface area (Å²) >= 11 is 0. The molecular weight excluding hydrogens is 297 g/mol. The SMILES string of the molecule is O=C(CCC(F)(F)F)N1CCN(Cc2cccc(O)c2)CC1. The number of phenols is 1. The van der Waals surface area contributed by atoms with E-state index in [4.69, 9.17) is 0 Å². The molecule has 2 rings (SSSR count). The number of amides is 1. The third kappa shape index (κ3) is 5.22. The van der Waals surface area contributed by atoms with Gasteiger partial charge in [-0.2, -0.15) is 13.2 Å². The van der Waals surface area contributed by atoms with E-state index in [9.17, 15) is 23.1 Å². The van der Waals surface area contributed by atoms with Crippen molar-refractivity contribution in [3.63, 3.8) is 0 Å². The molecule has 0 spiro atoms. The van der Waals surface area contributed by atoms with E-state index in [-0.39, 0.29) is 5.75 Å². The average Bonchev–Trinajstić information content (AvgIpc) is 2.45. The number of benzene rings is 1. The molecule has 1 aromatic rings. The zero-order valence-electron chi connectivity index (χ0n) is 12.1. The molecule has 1 saturated heterocycles.